The van der Waals surface area contributed by atoms with Gasteiger partial charge >= 0.3 is 0 Å². The first-order valence-electron chi connectivity index (χ1n) is 9.29. The van der Waals surface area contributed by atoms with Crippen LogP contribution in [-0.4, -0.2) is 25.3 Å². The number of thiophene rings is 1. The van der Waals surface area contributed by atoms with Crippen molar-refractivity contribution in [2.24, 2.45) is 4.99 Å². The fraction of sp³-hybridized carbons (Fsp3) is 0.136. The van der Waals surface area contributed by atoms with Crippen molar-refractivity contribution < 1.29 is 18.3 Å². The molecule has 1 aliphatic rings. The molecule has 0 amide bonds. The smallest absolute Gasteiger partial charge is 0.271 e. The van der Waals surface area contributed by atoms with Crippen LogP contribution in [0.5, 0.6) is 11.5 Å². The normalized spacial score (nSPS) is 14.9. The quantitative estimate of drug-likeness (QED) is 0.454. The van der Waals surface area contributed by atoms with Crippen LogP contribution in [0.3, 0.4) is 0 Å². The number of ether oxygens (including phenoxy) is 1. The second-order valence-corrected chi connectivity index (χ2v) is 11.0. The zero-order valence-corrected chi connectivity index (χ0v) is 19.1. The molecule has 0 unspecified atom stereocenters. The maximum absolute atomic E-state index is 12.4. The molecule has 0 saturated heterocycles. The summed E-state index contributed by atoms with van der Waals surface area (Å²) in [7, 11) is -3.69. The van der Waals surface area contributed by atoms with E-state index in [0.29, 0.717) is 32.6 Å². The average Bonchev–Trinajstić information content (AvgIpc) is 3.15. The van der Waals surface area contributed by atoms with Gasteiger partial charge in [0.05, 0.1) is 15.6 Å². The van der Waals surface area contributed by atoms with Crippen LogP contribution in [0, 0.1) is 0 Å². The summed E-state index contributed by atoms with van der Waals surface area (Å²) in [6, 6.07) is 13.1. The molecule has 2 aromatic carbocycles. The molecule has 1 aromatic heterocycles. The largest absolute Gasteiger partial charge is 0.506 e. The Morgan fingerprint density at radius 2 is 1.87 bits per heavy atom. The van der Waals surface area contributed by atoms with Gasteiger partial charge in [-0.05, 0) is 74.5 Å². The lowest BCUT2D eigenvalue weighted by atomic mass is 10.00. The van der Waals surface area contributed by atoms with E-state index in [4.69, 9.17) is 16.3 Å². The SMILES string of the molecule is CC1(C)C=Cc2c(ccc(/C=N/c3ccc(NS(=O)(=O)c4ccc(Cl)s4)cc3)c2O)O1. The van der Waals surface area contributed by atoms with Crippen molar-refractivity contribution in [1.29, 1.82) is 0 Å². The summed E-state index contributed by atoms with van der Waals surface area (Å²) < 4.78 is 33.7. The van der Waals surface area contributed by atoms with Gasteiger partial charge in [0.15, 0.2) is 0 Å². The van der Waals surface area contributed by atoms with E-state index in [0.717, 1.165) is 11.3 Å². The number of aromatic hydroxyl groups is 1. The minimum absolute atomic E-state index is 0.0898. The summed E-state index contributed by atoms with van der Waals surface area (Å²) in [6.45, 7) is 3.89. The Labute approximate surface area is 189 Å². The maximum atomic E-state index is 12.4. The molecular formula is C22H19ClN2O4S2. The lowest BCUT2D eigenvalue weighted by molar-refractivity contribution is 0.158. The number of rotatable bonds is 5. The fourth-order valence-corrected chi connectivity index (χ4v) is 5.51. The molecule has 0 radical (unpaired) electrons. The molecule has 0 bridgehead atoms. The van der Waals surface area contributed by atoms with Gasteiger partial charge < -0.3 is 9.84 Å². The van der Waals surface area contributed by atoms with Gasteiger partial charge in [-0.2, -0.15) is 0 Å². The van der Waals surface area contributed by atoms with Crippen LogP contribution in [0.1, 0.15) is 25.0 Å². The van der Waals surface area contributed by atoms with Crippen molar-refractivity contribution in [3.8, 4) is 11.5 Å². The minimum Gasteiger partial charge on any atom is -0.506 e. The van der Waals surface area contributed by atoms with Crippen molar-refractivity contribution >= 4 is 56.6 Å². The second kappa shape index (κ2) is 8.03. The topological polar surface area (TPSA) is 88.0 Å². The molecule has 31 heavy (non-hydrogen) atoms. The average molecular weight is 475 g/mol. The van der Waals surface area contributed by atoms with Gasteiger partial charge in [-0.15, -0.1) is 11.3 Å². The Balaban J connectivity index is 1.50. The van der Waals surface area contributed by atoms with Gasteiger partial charge in [0.1, 0.15) is 21.3 Å². The monoisotopic (exact) mass is 474 g/mol. The highest BCUT2D eigenvalue weighted by atomic mass is 35.5. The van der Waals surface area contributed by atoms with Gasteiger partial charge in [0, 0.05) is 17.5 Å². The summed E-state index contributed by atoms with van der Waals surface area (Å²) in [6.07, 6.45) is 5.28. The molecule has 2 N–H and O–H groups in total. The highest BCUT2D eigenvalue weighted by molar-refractivity contribution is 7.94. The van der Waals surface area contributed by atoms with E-state index in [-0.39, 0.29) is 9.96 Å². The predicted molar refractivity (Wildman–Crippen MR) is 126 cm³/mol. The lowest BCUT2D eigenvalue weighted by Crippen LogP contribution is -2.27. The zero-order valence-electron chi connectivity index (χ0n) is 16.7. The Kier molecular flexibility index (Phi) is 5.55. The van der Waals surface area contributed by atoms with Crippen LogP contribution < -0.4 is 9.46 Å². The van der Waals surface area contributed by atoms with E-state index in [9.17, 15) is 13.5 Å². The number of phenols is 1. The van der Waals surface area contributed by atoms with E-state index in [2.05, 4.69) is 9.71 Å². The zero-order chi connectivity index (χ0) is 22.2. The first-order chi connectivity index (χ1) is 14.6. The van der Waals surface area contributed by atoms with Crippen LogP contribution >= 0.6 is 22.9 Å². The number of nitrogens with one attached hydrogen (secondary N) is 1. The molecule has 0 saturated carbocycles. The molecule has 3 aromatic rings. The lowest BCUT2D eigenvalue weighted by Gasteiger charge is -2.28. The Hall–Kier alpha value is -2.81. The van der Waals surface area contributed by atoms with Crippen LogP contribution in [0.4, 0.5) is 11.4 Å². The number of nitrogens with zero attached hydrogens (tertiary/aromatic N) is 1. The van der Waals surface area contributed by atoms with Gasteiger partial charge in [-0.1, -0.05) is 11.6 Å². The van der Waals surface area contributed by atoms with Gasteiger partial charge in [0.2, 0.25) is 0 Å². The number of hydrogen-bond donors (Lipinski definition) is 2. The number of halogens is 1. The van der Waals surface area contributed by atoms with Crippen molar-refractivity contribution in [2.75, 3.05) is 4.72 Å². The molecule has 9 heteroatoms. The molecule has 0 fully saturated rings. The third kappa shape index (κ3) is 4.76. The number of fused-ring (bicyclic) bond motifs is 1. The van der Waals surface area contributed by atoms with Crippen LogP contribution in [0.25, 0.3) is 6.08 Å². The van der Waals surface area contributed by atoms with Crippen molar-refractivity contribution in [1.82, 2.24) is 0 Å². The van der Waals surface area contributed by atoms with Crippen molar-refractivity contribution in [3.63, 3.8) is 0 Å². The molecule has 4 rings (SSSR count). The summed E-state index contributed by atoms with van der Waals surface area (Å²) >= 11 is 6.81. The summed E-state index contributed by atoms with van der Waals surface area (Å²) in [5.74, 6) is 0.706. The molecule has 0 aliphatic carbocycles. The molecule has 160 valence electrons. The first kappa shape index (κ1) is 21.4. The number of benzene rings is 2. The van der Waals surface area contributed by atoms with E-state index < -0.39 is 15.6 Å². The number of phenolic OH excluding ortho intramolecular Hbond substituents is 1. The molecule has 6 nitrogen and oxygen atoms in total. The molecule has 1 aliphatic heterocycles. The molecule has 0 atom stereocenters. The Bertz CT molecular complexity index is 1290. The highest BCUT2D eigenvalue weighted by Gasteiger charge is 2.24. The third-order valence-electron chi connectivity index (χ3n) is 4.52. The van der Waals surface area contributed by atoms with E-state index in [1.807, 2.05) is 26.0 Å². The number of aliphatic imine (C=N–C) groups is 1. The van der Waals surface area contributed by atoms with Gasteiger partial charge in [0.25, 0.3) is 10.0 Å². The molecule has 0 spiro atoms. The minimum atomic E-state index is -3.69. The number of anilines is 1. The standard InChI is InChI=1S/C22H19ClN2O4S2/c1-22(2)12-11-17-18(29-22)8-3-14(21(17)26)13-24-15-4-6-16(7-5-15)25-31(27,28)20-10-9-19(23)30-20/h3-13,25-26H,1-2H3/b24-13+. The maximum Gasteiger partial charge on any atom is 0.271 e. The van der Waals surface area contributed by atoms with Crippen molar-refractivity contribution in [3.05, 3.63) is 70.1 Å². The summed E-state index contributed by atoms with van der Waals surface area (Å²) in [4.78, 5) is 4.37. The van der Waals surface area contributed by atoms with E-state index in [1.54, 1.807) is 42.6 Å². The number of sulfonamides is 1. The molecular weight excluding hydrogens is 456 g/mol. The summed E-state index contributed by atoms with van der Waals surface area (Å²) in [5.41, 5.74) is 1.75. The molecule has 2 heterocycles. The fourth-order valence-electron chi connectivity index (χ4n) is 2.97. The van der Waals surface area contributed by atoms with Crippen molar-refractivity contribution in [2.45, 2.75) is 23.7 Å². The predicted octanol–water partition coefficient (Wildman–Crippen LogP) is 5.84. The van der Waals surface area contributed by atoms with Crippen LogP contribution in [0.15, 0.2) is 63.8 Å². The second-order valence-electron chi connectivity index (χ2n) is 7.42. The Morgan fingerprint density at radius 3 is 2.55 bits per heavy atom. The first-order valence-corrected chi connectivity index (χ1v) is 12.0. The van der Waals surface area contributed by atoms with Crippen LogP contribution in [-0.2, 0) is 10.0 Å². The van der Waals surface area contributed by atoms with Gasteiger partial charge in [-0.25, -0.2) is 8.42 Å². The van der Waals surface area contributed by atoms with E-state index >= 15 is 0 Å². The third-order valence-corrected chi connectivity index (χ3v) is 7.62. The highest BCUT2D eigenvalue weighted by Crippen LogP contribution is 2.38. The van der Waals surface area contributed by atoms with Crippen LogP contribution in [0.2, 0.25) is 4.34 Å². The number of hydrogen-bond acceptors (Lipinski definition) is 6. The van der Waals surface area contributed by atoms with E-state index in [1.165, 1.54) is 12.1 Å². The Morgan fingerprint density at radius 1 is 1.13 bits per heavy atom. The summed E-state index contributed by atoms with van der Waals surface area (Å²) in [5, 5.41) is 10.6. The van der Waals surface area contributed by atoms with Gasteiger partial charge in [-0.3, -0.25) is 9.71 Å².